The summed E-state index contributed by atoms with van der Waals surface area (Å²) < 4.78 is 4.97. The number of rotatable bonds is 3. The maximum absolute atomic E-state index is 10.2. The molecule has 0 saturated carbocycles. The van der Waals surface area contributed by atoms with Gasteiger partial charge in [0.25, 0.3) is 0 Å². The van der Waals surface area contributed by atoms with E-state index in [4.69, 9.17) is 9.84 Å². The van der Waals surface area contributed by atoms with Crippen molar-refractivity contribution in [2.45, 2.75) is 12.8 Å². The lowest BCUT2D eigenvalue weighted by atomic mass is 10.1. The van der Waals surface area contributed by atoms with Crippen molar-refractivity contribution in [2.24, 2.45) is 0 Å². The van der Waals surface area contributed by atoms with Crippen molar-refractivity contribution in [3.63, 3.8) is 0 Å². The molecule has 11 heavy (non-hydrogen) atoms. The summed E-state index contributed by atoms with van der Waals surface area (Å²) in [6, 6.07) is 0. The molecule has 0 atom stereocenters. The normalized spacial score (nSPS) is 15.5. The third kappa shape index (κ3) is 2.89. The van der Waals surface area contributed by atoms with Gasteiger partial charge in [-0.05, 0) is 18.1 Å². The zero-order valence-corrected chi connectivity index (χ0v) is 6.12. The number of aliphatic carboxylic acids is 1. The second-order valence-electron chi connectivity index (χ2n) is 2.36. The van der Waals surface area contributed by atoms with Gasteiger partial charge >= 0.3 is 5.97 Å². The molecular formula is C8H10O3. The van der Waals surface area contributed by atoms with Crippen LogP contribution < -0.4 is 0 Å². The first-order chi connectivity index (χ1) is 5.29. The van der Waals surface area contributed by atoms with E-state index in [1.165, 1.54) is 0 Å². The molecule has 1 aliphatic heterocycles. The standard InChI is InChI=1S/C8H10O3/c9-8(10)4-3-7-2-1-5-11-6-7/h1-2,5H,3-4,6H2,(H,9,10). The predicted octanol–water partition coefficient (Wildman–Crippen LogP) is 1.32. The minimum absolute atomic E-state index is 0.184. The van der Waals surface area contributed by atoms with Crippen LogP contribution in [0.3, 0.4) is 0 Å². The summed E-state index contributed by atoms with van der Waals surface area (Å²) in [5, 5.41) is 8.36. The number of hydrogen-bond acceptors (Lipinski definition) is 2. The highest BCUT2D eigenvalue weighted by molar-refractivity contribution is 5.67. The first kappa shape index (κ1) is 7.85. The van der Waals surface area contributed by atoms with E-state index in [0.717, 1.165) is 5.57 Å². The molecule has 1 N–H and O–H groups in total. The lowest BCUT2D eigenvalue weighted by Gasteiger charge is -2.07. The summed E-state index contributed by atoms with van der Waals surface area (Å²) in [5.74, 6) is -0.763. The van der Waals surface area contributed by atoms with Crippen LogP contribution in [0.4, 0.5) is 0 Å². The van der Waals surface area contributed by atoms with Crippen molar-refractivity contribution < 1.29 is 14.6 Å². The highest BCUT2D eigenvalue weighted by Gasteiger charge is 2.02. The Hall–Kier alpha value is -1.25. The summed E-state index contributed by atoms with van der Waals surface area (Å²) >= 11 is 0. The Balaban J connectivity index is 2.31. The summed E-state index contributed by atoms with van der Waals surface area (Å²) in [7, 11) is 0. The van der Waals surface area contributed by atoms with Crippen molar-refractivity contribution in [2.75, 3.05) is 6.61 Å². The average molecular weight is 154 g/mol. The fourth-order valence-electron chi connectivity index (χ4n) is 0.857. The van der Waals surface area contributed by atoms with Gasteiger partial charge in [0, 0.05) is 6.42 Å². The Kier molecular flexibility index (Phi) is 2.72. The molecule has 1 heterocycles. The smallest absolute Gasteiger partial charge is 0.303 e. The van der Waals surface area contributed by atoms with E-state index in [1.807, 2.05) is 6.08 Å². The first-order valence-electron chi connectivity index (χ1n) is 3.47. The Morgan fingerprint density at radius 3 is 3.09 bits per heavy atom. The molecule has 60 valence electrons. The van der Waals surface area contributed by atoms with Gasteiger partial charge in [0.05, 0.1) is 6.26 Å². The molecule has 0 aromatic carbocycles. The van der Waals surface area contributed by atoms with Crippen LogP contribution in [0.25, 0.3) is 0 Å². The van der Waals surface area contributed by atoms with Gasteiger partial charge in [-0.3, -0.25) is 4.79 Å². The fourth-order valence-corrected chi connectivity index (χ4v) is 0.857. The third-order valence-electron chi connectivity index (χ3n) is 1.44. The zero-order chi connectivity index (χ0) is 8.10. The second kappa shape index (κ2) is 3.81. The van der Waals surface area contributed by atoms with Gasteiger partial charge in [-0.15, -0.1) is 0 Å². The highest BCUT2D eigenvalue weighted by atomic mass is 16.5. The first-order valence-corrected chi connectivity index (χ1v) is 3.47. The number of carbonyl (C=O) groups is 1. The number of allylic oxidation sites excluding steroid dienone is 2. The van der Waals surface area contributed by atoms with Crippen molar-refractivity contribution >= 4 is 5.97 Å². The lowest BCUT2D eigenvalue weighted by Crippen LogP contribution is -2.01. The van der Waals surface area contributed by atoms with Gasteiger partial charge in [-0.25, -0.2) is 0 Å². The molecule has 0 amide bonds. The molecule has 1 aliphatic rings. The second-order valence-corrected chi connectivity index (χ2v) is 2.36. The minimum atomic E-state index is -0.763. The van der Waals surface area contributed by atoms with Gasteiger partial charge in [0.2, 0.25) is 0 Å². The molecule has 0 aromatic rings. The summed E-state index contributed by atoms with van der Waals surface area (Å²) in [6.07, 6.45) is 6.04. The minimum Gasteiger partial charge on any atom is -0.497 e. The van der Waals surface area contributed by atoms with Crippen LogP contribution in [-0.4, -0.2) is 17.7 Å². The third-order valence-corrected chi connectivity index (χ3v) is 1.44. The van der Waals surface area contributed by atoms with Gasteiger partial charge in [0.15, 0.2) is 0 Å². The Morgan fingerprint density at radius 2 is 2.55 bits per heavy atom. The Bertz CT molecular complexity index is 203. The Morgan fingerprint density at radius 1 is 1.73 bits per heavy atom. The van der Waals surface area contributed by atoms with Crippen molar-refractivity contribution in [3.8, 4) is 0 Å². The fraction of sp³-hybridized carbons (Fsp3) is 0.375. The number of ether oxygens (including phenoxy) is 1. The molecule has 0 fully saturated rings. The summed E-state index contributed by atoms with van der Waals surface area (Å²) in [5.41, 5.74) is 1.04. The van der Waals surface area contributed by atoms with Crippen LogP contribution in [0.2, 0.25) is 0 Å². The lowest BCUT2D eigenvalue weighted by molar-refractivity contribution is -0.136. The Labute approximate surface area is 65.0 Å². The average Bonchev–Trinajstić information content (AvgIpc) is 2.03. The summed E-state index contributed by atoms with van der Waals surface area (Å²) in [4.78, 5) is 10.2. The predicted molar refractivity (Wildman–Crippen MR) is 40.0 cm³/mol. The van der Waals surface area contributed by atoms with E-state index >= 15 is 0 Å². The van der Waals surface area contributed by atoms with Crippen LogP contribution >= 0.6 is 0 Å². The van der Waals surface area contributed by atoms with Crippen molar-refractivity contribution in [1.29, 1.82) is 0 Å². The molecule has 0 aliphatic carbocycles. The van der Waals surface area contributed by atoms with Gasteiger partial charge < -0.3 is 9.84 Å². The molecule has 0 aromatic heterocycles. The molecule has 0 spiro atoms. The van der Waals surface area contributed by atoms with Crippen LogP contribution in [0.15, 0.2) is 24.0 Å². The molecule has 3 nitrogen and oxygen atoms in total. The zero-order valence-electron chi connectivity index (χ0n) is 6.12. The van der Waals surface area contributed by atoms with E-state index in [2.05, 4.69) is 0 Å². The molecule has 1 rings (SSSR count). The molecule has 3 heteroatoms. The van der Waals surface area contributed by atoms with E-state index in [-0.39, 0.29) is 6.42 Å². The molecular weight excluding hydrogens is 144 g/mol. The summed E-state index contributed by atoms with van der Waals surface area (Å²) in [6.45, 7) is 0.532. The van der Waals surface area contributed by atoms with Gasteiger partial charge in [-0.2, -0.15) is 0 Å². The molecule has 0 saturated heterocycles. The van der Waals surface area contributed by atoms with E-state index in [9.17, 15) is 4.79 Å². The quantitative estimate of drug-likeness (QED) is 0.666. The van der Waals surface area contributed by atoms with E-state index < -0.39 is 5.97 Å². The SMILES string of the molecule is O=C(O)CCC1=CC=COC1. The monoisotopic (exact) mass is 154 g/mol. The number of carboxylic acids is 1. The van der Waals surface area contributed by atoms with E-state index in [1.54, 1.807) is 12.3 Å². The largest absolute Gasteiger partial charge is 0.497 e. The number of carboxylic acid groups (broad SMARTS) is 1. The van der Waals surface area contributed by atoms with Gasteiger partial charge in [-0.1, -0.05) is 6.08 Å². The van der Waals surface area contributed by atoms with E-state index in [0.29, 0.717) is 13.0 Å². The highest BCUT2D eigenvalue weighted by Crippen LogP contribution is 2.09. The maximum atomic E-state index is 10.2. The van der Waals surface area contributed by atoms with Crippen molar-refractivity contribution in [3.05, 3.63) is 24.0 Å². The van der Waals surface area contributed by atoms with Gasteiger partial charge in [0.1, 0.15) is 6.61 Å². The maximum Gasteiger partial charge on any atom is 0.303 e. The number of hydrogen-bond donors (Lipinski definition) is 1. The molecule has 0 bridgehead atoms. The van der Waals surface area contributed by atoms with Crippen LogP contribution in [-0.2, 0) is 9.53 Å². The van der Waals surface area contributed by atoms with Crippen LogP contribution in [0, 0.1) is 0 Å². The molecule has 0 unspecified atom stereocenters. The van der Waals surface area contributed by atoms with Crippen LogP contribution in [0.5, 0.6) is 0 Å². The molecule has 0 radical (unpaired) electrons. The van der Waals surface area contributed by atoms with Crippen LogP contribution in [0.1, 0.15) is 12.8 Å². The van der Waals surface area contributed by atoms with Crippen molar-refractivity contribution in [1.82, 2.24) is 0 Å². The topological polar surface area (TPSA) is 46.5 Å².